The molecule has 1 aromatic rings. The molecular formula is C16H26N4O3S. The number of nitrogens with one attached hydrogen (secondary N) is 2. The molecule has 0 aliphatic carbocycles. The molecule has 0 bridgehead atoms. The number of sulfonamides is 1. The molecule has 134 valence electrons. The molecular weight excluding hydrogens is 328 g/mol. The van der Waals surface area contributed by atoms with Crippen LogP contribution in [0.4, 0.5) is 4.79 Å². The molecule has 0 atom stereocenters. The van der Waals surface area contributed by atoms with Gasteiger partial charge in [-0.1, -0.05) is 31.2 Å². The van der Waals surface area contributed by atoms with Gasteiger partial charge >= 0.3 is 6.03 Å². The maximum absolute atomic E-state index is 12.2. The van der Waals surface area contributed by atoms with E-state index in [-0.39, 0.29) is 11.8 Å². The second-order valence-electron chi connectivity index (χ2n) is 5.86. The van der Waals surface area contributed by atoms with Crippen molar-refractivity contribution in [1.29, 1.82) is 0 Å². The minimum absolute atomic E-state index is 0.0438. The van der Waals surface area contributed by atoms with Crippen LogP contribution < -0.4 is 10.0 Å². The average molecular weight is 354 g/mol. The van der Waals surface area contributed by atoms with Crippen molar-refractivity contribution in [2.24, 2.45) is 0 Å². The van der Waals surface area contributed by atoms with Crippen LogP contribution in [0.1, 0.15) is 18.1 Å². The SMILES string of the molecule is CCN1CCN(C(=O)NCc2ccc(CS(=O)(=O)NC)cc2)CC1. The first kappa shape index (κ1) is 18.7. The molecule has 1 heterocycles. The highest BCUT2D eigenvalue weighted by Gasteiger charge is 2.19. The Morgan fingerprint density at radius 3 is 2.21 bits per heavy atom. The number of benzene rings is 1. The predicted octanol–water partition coefficient (Wildman–Crippen LogP) is 0.583. The summed E-state index contributed by atoms with van der Waals surface area (Å²) in [6.45, 7) is 6.91. The van der Waals surface area contributed by atoms with Crippen LogP contribution in [0.15, 0.2) is 24.3 Å². The molecule has 0 unspecified atom stereocenters. The monoisotopic (exact) mass is 354 g/mol. The number of rotatable bonds is 6. The highest BCUT2D eigenvalue weighted by atomic mass is 32.2. The van der Waals surface area contributed by atoms with Crippen LogP contribution >= 0.6 is 0 Å². The molecule has 24 heavy (non-hydrogen) atoms. The summed E-state index contributed by atoms with van der Waals surface area (Å²) in [4.78, 5) is 16.3. The van der Waals surface area contributed by atoms with Gasteiger partial charge in [-0.2, -0.15) is 0 Å². The molecule has 0 aromatic heterocycles. The Bertz CT molecular complexity index is 638. The van der Waals surface area contributed by atoms with Gasteiger partial charge in [0.15, 0.2) is 0 Å². The molecule has 7 nitrogen and oxygen atoms in total. The summed E-state index contributed by atoms with van der Waals surface area (Å²) in [7, 11) is -1.86. The first-order valence-corrected chi connectivity index (χ1v) is 9.83. The number of amides is 2. The number of urea groups is 1. The predicted molar refractivity (Wildman–Crippen MR) is 94.0 cm³/mol. The Labute approximate surface area is 144 Å². The maximum Gasteiger partial charge on any atom is 0.317 e. The summed E-state index contributed by atoms with van der Waals surface area (Å²) in [5.74, 6) is -0.0438. The Morgan fingerprint density at radius 1 is 1.08 bits per heavy atom. The van der Waals surface area contributed by atoms with Crippen LogP contribution in [-0.4, -0.2) is 64.0 Å². The maximum atomic E-state index is 12.2. The van der Waals surface area contributed by atoms with Crippen molar-refractivity contribution in [2.45, 2.75) is 19.2 Å². The van der Waals surface area contributed by atoms with Gasteiger partial charge in [0.2, 0.25) is 10.0 Å². The summed E-state index contributed by atoms with van der Waals surface area (Å²) in [6, 6.07) is 7.19. The highest BCUT2D eigenvalue weighted by molar-refractivity contribution is 7.88. The minimum Gasteiger partial charge on any atom is -0.334 e. The Morgan fingerprint density at radius 2 is 1.67 bits per heavy atom. The second kappa shape index (κ2) is 8.46. The lowest BCUT2D eigenvalue weighted by atomic mass is 10.1. The molecule has 0 saturated carbocycles. The van der Waals surface area contributed by atoms with Crippen LogP contribution in [0, 0.1) is 0 Å². The molecule has 1 saturated heterocycles. The lowest BCUT2D eigenvalue weighted by Crippen LogP contribution is -2.51. The third-order valence-corrected chi connectivity index (χ3v) is 5.58. The van der Waals surface area contributed by atoms with Crippen molar-refractivity contribution in [3.63, 3.8) is 0 Å². The van der Waals surface area contributed by atoms with Crippen LogP contribution in [0.3, 0.4) is 0 Å². The summed E-state index contributed by atoms with van der Waals surface area (Å²) < 4.78 is 25.3. The van der Waals surface area contributed by atoms with Gasteiger partial charge in [-0.25, -0.2) is 17.9 Å². The van der Waals surface area contributed by atoms with Crippen LogP contribution in [-0.2, 0) is 22.3 Å². The van der Waals surface area contributed by atoms with E-state index in [2.05, 4.69) is 21.9 Å². The lowest BCUT2D eigenvalue weighted by molar-refractivity contribution is 0.142. The number of nitrogens with zero attached hydrogens (tertiary/aromatic N) is 2. The largest absolute Gasteiger partial charge is 0.334 e. The van der Waals surface area contributed by atoms with Crippen molar-refractivity contribution >= 4 is 16.1 Å². The quantitative estimate of drug-likeness (QED) is 0.783. The molecule has 1 aromatic carbocycles. The lowest BCUT2D eigenvalue weighted by Gasteiger charge is -2.34. The van der Waals surface area contributed by atoms with Crippen LogP contribution in [0.25, 0.3) is 0 Å². The van der Waals surface area contributed by atoms with E-state index in [0.29, 0.717) is 6.54 Å². The number of piperazine rings is 1. The number of hydrogen-bond acceptors (Lipinski definition) is 4. The van der Waals surface area contributed by atoms with Gasteiger partial charge in [0.1, 0.15) is 0 Å². The van der Waals surface area contributed by atoms with Crippen molar-refractivity contribution in [2.75, 3.05) is 39.8 Å². The molecule has 0 spiro atoms. The summed E-state index contributed by atoms with van der Waals surface area (Å²) in [5.41, 5.74) is 1.66. The summed E-state index contributed by atoms with van der Waals surface area (Å²) in [5, 5.41) is 2.92. The second-order valence-corrected chi connectivity index (χ2v) is 7.79. The van der Waals surface area contributed by atoms with E-state index in [1.165, 1.54) is 7.05 Å². The van der Waals surface area contributed by atoms with Crippen molar-refractivity contribution in [1.82, 2.24) is 19.8 Å². The van der Waals surface area contributed by atoms with Gasteiger partial charge in [0.25, 0.3) is 0 Å². The van der Waals surface area contributed by atoms with E-state index in [4.69, 9.17) is 0 Å². The van der Waals surface area contributed by atoms with Gasteiger partial charge in [0, 0.05) is 32.7 Å². The topological polar surface area (TPSA) is 81.8 Å². The molecule has 0 radical (unpaired) electrons. The minimum atomic E-state index is -3.26. The molecule has 2 N–H and O–H groups in total. The fraction of sp³-hybridized carbons (Fsp3) is 0.562. The normalized spacial score (nSPS) is 16.2. The third kappa shape index (κ3) is 5.47. The molecule has 8 heteroatoms. The molecule has 2 amide bonds. The van der Waals surface area contributed by atoms with E-state index < -0.39 is 10.0 Å². The first-order chi connectivity index (χ1) is 11.4. The van der Waals surface area contributed by atoms with E-state index in [0.717, 1.165) is 43.9 Å². The van der Waals surface area contributed by atoms with Gasteiger partial charge < -0.3 is 15.1 Å². The standard InChI is InChI=1S/C16H26N4O3S/c1-3-19-8-10-20(11-9-19)16(21)18-12-14-4-6-15(7-5-14)13-24(22,23)17-2/h4-7,17H,3,8-13H2,1-2H3,(H,18,21). The highest BCUT2D eigenvalue weighted by Crippen LogP contribution is 2.08. The third-order valence-electron chi connectivity index (χ3n) is 4.24. The van der Waals surface area contributed by atoms with Gasteiger partial charge in [-0.15, -0.1) is 0 Å². The molecule has 2 rings (SSSR count). The van der Waals surface area contributed by atoms with Crippen molar-refractivity contribution < 1.29 is 13.2 Å². The van der Waals surface area contributed by atoms with Gasteiger partial charge in [0.05, 0.1) is 5.75 Å². The molecule has 1 aliphatic heterocycles. The summed E-state index contributed by atoms with van der Waals surface area (Å²) >= 11 is 0. The molecule has 1 fully saturated rings. The average Bonchev–Trinajstić information content (AvgIpc) is 2.60. The smallest absolute Gasteiger partial charge is 0.317 e. The zero-order valence-corrected chi connectivity index (χ0v) is 15.1. The Balaban J connectivity index is 1.81. The zero-order chi connectivity index (χ0) is 17.6. The Hall–Kier alpha value is -1.64. The first-order valence-electron chi connectivity index (χ1n) is 8.17. The fourth-order valence-electron chi connectivity index (χ4n) is 2.60. The van der Waals surface area contributed by atoms with Gasteiger partial charge in [-0.05, 0) is 24.7 Å². The number of carbonyl (C=O) groups is 1. The summed E-state index contributed by atoms with van der Waals surface area (Å²) in [6.07, 6.45) is 0. The van der Waals surface area contributed by atoms with E-state index >= 15 is 0 Å². The van der Waals surface area contributed by atoms with Crippen molar-refractivity contribution in [3.05, 3.63) is 35.4 Å². The molecule has 1 aliphatic rings. The fourth-order valence-corrected chi connectivity index (χ4v) is 3.38. The Kier molecular flexibility index (Phi) is 6.59. The van der Waals surface area contributed by atoms with E-state index in [1.54, 1.807) is 12.1 Å². The number of hydrogen-bond donors (Lipinski definition) is 2. The number of carbonyl (C=O) groups excluding carboxylic acids is 1. The van der Waals surface area contributed by atoms with E-state index in [1.807, 2.05) is 17.0 Å². The van der Waals surface area contributed by atoms with E-state index in [9.17, 15) is 13.2 Å². The van der Waals surface area contributed by atoms with Crippen molar-refractivity contribution in [3.8, 4) is 0 Å². The zero-order valence-electron chi connectivity index (χ0n) is 14.3. The number of likely N-dealkylation sites (N-methyl/N-ethyl adjacent to an activating group) is 1. The van der Waals surface area contributed by atoms with Gasteiger partial charge in [-0.3, -0.25) is 0 Å². The van der Waals surface area contributed by atoms with Crippen LogP contribution in [0.5, 0.6) is 0 Å². The van der Waals surface area contributed by atoms with Crippen LogP contribution in [0.2, 0.25) is 0 Å².